The maximum absolute atomic E-state index is 14.0. The van der Waals surface area contributed by atoms with Crippen LogP contribution in [0.3, 0.4) is 0 Å². The number of nitrogens with zero attached hydrogens (tertiary/aromatic N) is 1. The molecule has 0 radical (unpaired) electrons. The maximum atomic E-state index is 14.0. The average Bonchev–Trinajstić information content (AvgIpc) is 3.55. The summed E-state index contributed by atoms with van der Waals surface area (Å²) in [5.74, 6) is -0.369. The van der Waals surface area contributed by atoms with Gasteiger partial charge >= 0.3 is 0 Å². The number of hydrogen-bond acceptors (Lipinski definition) is 8. The number of hydrogen-bond donors (Lipinski definition) is 4. The van der Waals surface area contributed by atoms with E-state index >= 15 is 0 Å². The Morgan fingerprint density at radius 3 is 2.51 bits per heavy atom. The number of nitrogens with one attached hydrogen (secondary N) is 1. The Hall–Kier alpha value is -2.66. The molecule has 39 heavy (non-hydrogen) atoms. The summed E-state index contributed by atoms with van der Waals surface area (Å²) in [5.41, 5.74) is 1.59. The average molecular weight is 545 g/mol. The molecule has 214 valence electrons. The lowest BCUT2D eigenvalue weighted by atomic mass is 9.76. The van der Waals surface area contributed by atoms with E-state index in [0.29, 0.717) is 41.2 Å². The first-order valence-electron chi connectivity index (χ1n) is 14.2. The van der Waals surface area contributed by atoms with Crippen LogP contribution >= 0.6 is 0 Å². The van der Waals surface area contributed by atoms with Crippen LogP contribution < -0.4 is 14.8 Å². The third-order valence-electron chi connectivity index (χ3n) is 8.49. The second-order valence-corrected chi connectivity index (χ2v) is 10.9. The summed E-state index contributed by atoms with van der Waals surface area (Å²) in [6.45, 7) is 0.145. The third-order valence-corrected chi connectivity index (χ3v) is 8.49. The highest BCUT2D eigenvalue weighted by molar-refractivity contribution is 5.96. The first-order chi connectivity index (χ1) is 19.0. The second-order valence-electron chi connectivity index (χ2n) is 10.9. The number of benzene rings is 1. The van der Waals surface area contributed by atoms with E-state index in [1.807, 2.05) is 0 Å². The van der Waals surface area contributed by atoms with Crippen LogP contribution in [-0.4, -0.2) is 89.3 Å². The number of carbonyl (C=O) groups excluding carboxylic acids is 2. The van der Waals surface area contributed by atoms with Gasteiger partial charge in [-0.2, -0.15) is 0 Å². The Morgan fingerprint density at radius 1 is 1.10 bits per heavy atom. The molecular weight excluding hydrogens is 504 g/mol. The van der Waals surface area contributed by atoms with Crippen LogP contribution in [0.1, 0.15) is 68.4 Å². The van der Waals surface area contributed by atoms with Gasteiger partial charge in [-0.25, -0.2) is 0 Å². The molecule has 1 saturated heterocycles. The number of amides is 2. The highest BCUT2D eigenvalue weighted by Gasteiger charge is 2.52. The molecule has 4 aliphatic rings. The number of aliphatic hydroxyl groups is 3. The van der Waals surface area contributed by atoms with Gasteiger partial charge < -0.3 is 39.7 Å². The zero-order chi connectivity index (χ0) is 27.5. The van der Waals surface area contributed by atoms with Crippen molar-refractivity contribution in [2.75, 3.05) is 26.9 Å². The van der Waals surface area contributed by atoms with Gasteiger partial charge in [0.05, 0.1) is 32.3 Å². The van der Waals surface area contributed by atoms with Crippen molar-refractivity contribution >= 4 is 11.8 Å². The summed E-state index contributed by atoms with van der Waals surface area (Å²) in [6, 6.07) is 2.56. The fraction of sp³-hybridized carbons (Fsp3) is 0.655. The zero-order valence-corrected chi connectivity index (χ0v) is 22.5. The maximum Gasteiger partial charge on any atom is 0.252 e. The van der Waals surface area contributed by atoms with E-state index in [1.54, 1.807) is 23.1 Å². The van der Waals surface area contributed by atoms with Crippen molar-refractivity contribution in [1.82, 2.24) is 10.2 Å². The monoisotopic (exact) mass is 544 g/mol. The van der Waals surface area contributed by atoms with Crippen LogP contribution in [0.4, 0.5) is 0 Å². The van der Waals surface area contributed by atoms with Crippen LogP contribution in [0.15, 0.2) is 23.8 Å². The Bertz CT molecular complexity index is 1080. The van der Waals surface area contributed by atoms with Crippen LogP contribution in [0.5, 0.6) is 11.5 Å². The third kappa shape index (κ3) is 5.39. The topological polar surface area (TPSA) is 138 Å². The highest BCUT2D eigenvalue weighted by Crippen LogP contribution is 2.51. The lowest BCUT2D eigenvalue weighted by Crippen LogP contribution is -2.60. The number of fused-ring (bicyclic) bond motifs is 3. The molecule has 10 heteroatoms. The van der Waals surface area contributed by atoms with Gasteiger partial charge in [-0.05, 0) is 49.5 Å². The molecule has 2 aliphatic heterocycles. The standard InChI is InChI=1S/C29H40N2O8/c1-37-23-14-17(16-33)13-19-24-20(28(35)30-10-11-32)15-21(25(34)27(24)39-26(19)23)31(18-7-4-2-3-5-8-18)29(36)22-9-6-12-38-22/h13-15,18,21-22,24-25,27,32-34H,2-12,16H2,1H3,(H,30,35)/t21-,22?,24+,25+,27+/m1/s1. The van der Waals surface area contributed by atoms with Gasteiger partial charge in [0.25, 0.3) is 5.91 Å². The largest absolute Gasteiger partial charge is 0.493 e. The molecule has 0 bridgehead atoms. The van der Waals surface area contributed by atoms with E-state index in [4.69, 9.17) is 14.2 Å². The smallest absolute Gasteiger partial charge is 0.252 e. The van der Waals surface area contributed by atoms with Gasteiger partial charge in [-0.1, -0.05) is 25.7 Å². The number of methoxy groups -OCH3 is 1. The number of rotatable bonds is 8. The molecule has 1 saturated carbocycles. The fourth-order valence-electron chi connectivity index (χ4n) is 6.63. The van der Waals surface area contributed by atoms with Gasteiger partial charge in [0.2, 0.25) is 5.91 Å². The van der Waals surface area contributed by atoms with Crippen molar-refractivity contribution in [2.24, 2.45) is 0 Å². The summed E-state index contributed by atoms with van der Waals surface area (Å²) in [4.78, 5) is 29.3. The van der Waals surface area contributed by atoms with E-state index in [0.717, 1.165) is 44.9 Å². The Kier molecular flexibility index (Phi) is 8.76. The Balaban J connectivity index is 1.59. The van der Waals surface area contributed by atoms with Gasteiger partial charge in [-0.15, -0.1) is 0 Å². The van der Waals surface area contributed by atoms with Gasteiger partial charge in [0.15, 0.2) is 11.5 Å². The molecule has 10 nitrogen and oxygen atoms in total. The molecule has 2 amide bonds. The fourth-order valence-corrected chi connectivity index (χ4v) is 6.63. The quantitative estimate of drug-likeness (QED) is 0.362. The predicted molar refractivity (Wildman–Crippen MR) is 141 cm³/mol. The number of aliphatic hydroxyl groups excluding tert-OH is 3. The van der Waals surface area contributed by atoms with Crippen LogP contribution in [-0.2, 0) is 20.9 Å². The minimum Gasteiger partial charge on any atom is -0.493 e. The lowest BCUT2D eigenvalue weighted by Gasteiger charge is -2.44. The number of ether oxygens (including phenoxy) is 3. The molecule has 2 fully saturated rings. The molecule has 4 N–H and O–H groups in total. The van der Waals surface area contributed by atoms with Crippen molar-refractivity contribution in [3.63, 3.8) is 0 Å². The van der Waals surface area contributed by atoms with Crippen LogP contribution in [0.2, 0.25) is 0 Å². The summed E-state index contributed by atoms with van der Waals surface area (Å²) in [6.07, 6.45) is 6.46. The summed E-state index contributed by atoms with van der Waals surface area (Å²) >= 11 is 0. The van der Waals surface area contributed by atoms with E-state index in [1.165, 1.54) is 7.11 Å². The van der Waals surface area contributed by atoms with E-state index in [-0.39, 0.29) is 31.7 Å². The van der Waals surface area contributed by atoms with E-state index < -0.39 is 36.2 Å². The molecule has 1 aromatic carbocycles. The first kappa shape index (κ1) is 27.9. The van der Waals surface area contributed by atoms with E-state index in [2.05, 4.69) is 5.32 Å². The van der Waals surface area contributed by atoms with Gasteiger partial charge in [0, 0.05) is 30.3 Å². The zero-order valence-electron chi connectivity index (χ0n) is 22.5. The predicted octanol–water partition coefficient (Wildman–Crippen LogP) is 1.54. The molecule has 1 unspecified atom stereocenters. The lowest BCUT2D eigenvalue weighted by molar-refractivity contribution is -0.150. The molecule has 1 aromatic rings. The van der Waals surface area contributed by atoms with E-state index in [9.17, 15) is 24.9 Å². The van der Waals surface area contributed by atoms with Gasteiger partial charge in [0.1, 0.15) is 18.3 Å². The van der Waals surface area contributed by atoms with Crippen molar-refractivity contribution in [1.29, 1.82) is 0 Å². The summed E-state index contributed by atoms with van der Waals surface area (Å²) in [5, 5.41) is 33.8. The molecule has 5 rings (SSSR count). The molecule has 2 heterocycles. The summed E-state index contributed by atoms with van der Waals surface area (Å²) < 4.78 is 17.7. The highest BCUT2D eigenvalue weighted by atomic mass is 16.5. The summed E-state index contributed by atoms with van der Waals surface area (Å²) in [7, 11) is 1.50. The minimum absolute atomic E-state index is 0.0652. The second kappa shape index (κ2) is 12.2. The van der Waals surface area contributed by atoms with Gasteiger partial charge in [-0.3, -0.25) is 9.59 Å². The Labute approximate surface area is 228 Å². The molecule has 0 aromatic heterocycles. The van der Waals surface area contributed by atoms with Crippen molar-refractivity contribution < 1.29 is 39.1 Å². The molecule has 5 atom stereocenters. The number of carbonyl (C=O) groups is 2. The minimum atomic E-state index is -1.12. The Morgan fingerprint density at radius 2 is 1.87 bits per heavy atom. The normalized spacial score (nSPS) is 28.5. The van der Waals surface area contributed by atoms with Crippen molar-refractivity contribution in [3.8, 4) is 11.5 Å². The SMILES string of the molecule is COc1cc(CO)cc2c1O[C@@H]1[C@@H](O)[C@H](N(C(=O)C3CCCO3)C3CCCCCC3)C=C(C(=O)NCCO)[C@H]21. The van der Waals surface area contributed by atoms with Crippen LogP contribution in [0, 0.1) is 0 Å². The molecule has 2 aliphatic carbocycles. The van der Waals surface area contributed by atoms with Crippen molar-refractivity contribution in [2.45, 2.75) is 94.3 Å². The van der Waals surface area contributed by atoms with Crippen LogP contribution in [0.25, 0.3) is 0 Å². The molecule has 0 spiro atoms. The first-order valence-corrected chi connectivity index (χ1v) is 14.2. The molecular formula is C29H40N2O8. The van der Waals surface area contributed by atoms with Crippen molar-refractivity contribution in [3.05, 3.63) is 34.9 Å².